The molecule has 1 aromatic heterocycles. The highest BCUT2D eigenvalue weighted by atomic mass is 16.5. The van der Waals surface area contributed by atoms with Gasteiger partial charge in [-0.1, -0.05) is 6.07 Å². The number of amides is 1. The van der Waals surface area contributed by atoms with Crippen LogP contribution in [0.2, 0.25) is 0 Å². The van der Waals surface area contributed by atoms with Gasteiger partial charge in [-0.15, -0.1) is 0 Å². The number of hydrogen-bond acceptors (Lipinski definition) is 5. The molecule has 1 atom stereocenters. The molecule has 1 amide bonds. The van der Waals surface area contributed by atoms with Crippen LogP contribution in [0.15, 0.2) is 30.5 Å². The third kappa shape index (κ3) is 4.82. The quantitative estimate of drug-likeness (QED) is 0.647. The topological polar surface area (TPSA) is 89.3 Å². The highest BCUT2D eigenvalue weighted by Crippen LogP contribution is 2.28. The zero-order chi connectivity index (χ0) is 16.7. The number of nitrogens with one attached hydrogen (secondary N) is 2. The molecular formula is C17H24N4O2. The maximum absolute atomic E-state index is 11.1. The van der Waals surface area contributed by atoms with Gasteiger partial charge in [-0.3, -0.25) is 9.78 Å². The van der Waals surface area contributed by atoms with Crippen LogP contribution in [0, 0.1) is 0 Å². The van der Waals surface area contributed by atoms with E-state index < -0.39 is 0 Å². The van der Waals surface area contributed by atoms with Crippen molar-refractivity contribution in [3.63, 3.8) is 0 Å². The molecule has 2 aromatic rings. The van der Waals surface area contributed by atoms with E-state index in [1.165, 1.54) is 0 Å². The largest absolute Gasteiger partial charge is 0.497 e. The van der Waals surface area contributed by atoms with Crippen LogP contribution in [0.3, 0.4) is 0 Å². The van der Waals surface area contributed by atoms with Gasteiger partial charge in [0.2, 0.25) is 5.91 Å². The number of ether oxygens (including phenoxy) is 1. The molecule has 124 valence electrons. The lowest BCUT2D eigenvalue weighted by Crippen LogP contribution is -2.31. The Bertz CT molecular complexity index is 660. The van der Waals surface area contributed by atoms with E-state index in [9.17, 15) is 4.79 Å². The highest BCUT2D eigenvalue weighted by Gasteiger charge is 2.09. The number of rotatable bonds is 8. The van der Waals surface area contributed by atoms with Crippen molar-refractivity contribution in [3.05, 3.63) is 30.5 Å². The van der Waals surface area contributed by atoms with Crippen molar-refractivity contribution in [2.75, 3.05) is 25.5 Å². The van der Waals surface area contributed by atoms with Crippen LogP contribution in [-0.2, 0) is 4.79 Å². The molecule has 1 aromatic carbocycles. The maximum atomic E-state index is 11.1. The lowest BCUT2D eigenvalue weighted by Gasteiger charge is -2.17. The summed E-state index contributed by atoms with van der Waals surface area (Å²) in [5.74, 6) is 0.684. The molecule has 1 unspecified atom stereocenters. The van der Waals surface area contributed by atoms with Gasteiger partial charge in [0.15, 0.2) is 0 Å². The fraction of sp³-hybridized carbons (Fsp3) is 0.412. The lowest BCUT2D eigenvalue weighted by atomic mass is 10.1. The molecule has 6 nitrogen and oxygen atoms in total. The normalized spacial score (nSPS) is 12.0. The second-order valence-corrected chi connectivity index (χ2v) is 5.49. The molecule has 0 aliphatic carbocycles. The highest BCUT2D eigenvalue weighted by molar-refractivity contribution is 5.91. The summed E-state index contributed by atoms with van der Waals surface area (Å²) in [6, 6.07) is 8.11. The molecule has 6 heteroatoms. The van der Waals surface area contributed by atoms with Gasteiger partial charge in [0, 0.05) is 30.2 Å². The Morgan fingerprint density at radius 3 is 3.00 bits per heavy atom. The van der Waals surface area contributed by atoms with Gasteiger partial charge in [0.1, 0.15) is 5.75 Å². The van der Waals surface area contributed by atoms with Crippen LogP contribution in [0.4, 0.5) is 5.69 Å². The molecule has 0 fully saturated rings. The summed E-state index contributed by atoms with van der Waals surface area (Å²) in [5.41, 5.74) is 7.14. The number of carbonyl (C=O) groups excluding carboxylic acids is 1. The molecule has 4 N–H and O–H groups in total. The SMILES string of the molecule is COc1cc(NC(C)CCCNC(=O)CN)c2ncccc2c1. The van der Waals surface area contributed by atoms with Gasteiger partial charge in [-0.2, -0.15) is 0 Å². The van der Waals surface area contributed by atoms with E-state index in [1.807, 2.05) is 24.3 Å². The van der Waals surface area contributed by atoms with Gasteiger partial charge >= 0.3 is 0 Å². The molecule has 0 aliphatic rings. The molecule has 0 radical (unpaired) electrons. The van der Waals surface area contributed by atoms with Crippen molar-refractivity contribution < 1.29 is 9.53 Å². The van der Waals surface area contributed by atoms with Gasteiger partial charge < -0.3 is 21.1 Å². The number of methoxy groups -OCH3 is 1. The lowest BCUT2D eigenvalue weighted by molar-refractivity contribution is -0.119. The van der Waals surface area contributed by atoms with E-state index in [1.54, 1.807) is 13.3 Å². The molecule has 0 aliphatic heterocycles. The van der Waals surface area contributed by atoms with Gasteiger partial charge in [0.25, 0.3) is 0 Å². The van der Waals surface area contributed by atoms with Crippen molar-refractivity contribution in [2.24, 2.45) is 5.73 Å². The summed E-state index contributed by atoms with van der Waals surface area (Å²) in [6.45, 7) is 2.79. The van der Waals surface area contributed by atoms with Crippen LogP contribution >= 0.6 is 0 Å². The zero-order valence-electron chi connectivity index (χ0n) is 13.6. The third-order valence-corrected chi connectivity index (χ3v) is 3.64. The van der Waals surface area contributed by atoms with Crippen molar-refractivity contribution in [3.8, 4) is 5.75 Å². The standard InChI is InChI=1S/C17H24N4O2/c1-12(5-3-7-19-16(22)11-18)21-15-10-14(23-2)9-13-6-4-8-20-17(13)15/h4,6,8-10,12,21H,3,5,7,11,18H2,1-2H3,(H,19,22). The van der Waals surface area contributed by atoms with Crippen molar-refractivity contribution in [1.82, 2.24) is 10.3 Å². The number of nitrogens with zero attached hydrogens (tertiary/aromatic N) is 1. The van der Waals surface area contributed by atoms with Gasteiger partial charge in [0.05, 0.1) is 24.9 Å². The minimum absolute atomic E-state index is 0.0370. The van der Waals surface area contributed by atoms with Crippen LogP contribution in [0.1, 0.15) is 19.8 Å². The van der Waals surface area contributed by atoms with Crippen molar-refractivity contribution >= 4 is 22.5 Å². The number of fused-ring (bicyclic) bond motifs is 1. The number of hydrogen-bond donors (Lipinski definition) is 3. The molecule has 0 saturated heterocycles. The summed E-state index contributed by atoms with van der Waals surface area (Å²) < 4.78 is 5.35. The second kappa shape index (κ2) is 8.33. The number of benzene rings is 1. The number of aromatic nitrogens is 1. The Labute approximate surface area is 136 Å². The summed E-state index contributed by atoms with van der Waals surface area (Å²) in [4.78, 5) is 15.5. The molecule has 0 saturated carbocycles. The molecular weight excluding hydrogens is 292 g/mol. The number of carbonyl (C=O) groups is 1. The number of nitrogens with two attached hydrogens (primary N) is 1. The molecule has 0 bridgehead atoms. The van der Waals surface area contributed by atoms with Gasteiger partial charge in [-0.05, 0) is 31.9 Å². The van der Waals surface area contributed by atoms with Crippen molar-refractivity contribution in [1.29, 1.82) is 0 Å². The summed E-state index contributed by atoms with van der Waals surface area (Å²) in [6.07, 6.45) is 3.60. The summed E-state index contributed by atoms with van der Waals surface area (Å²) in [7, 11) is 1.66. The van der Waals surface area contributed by atoms with Crippen LogP contribution in [-0.4, -0.2) is 37.1 Å². The van der Waals surface area contributed by atoms with E-state index in [-0.39, 0.29) is 18.5 Å². The first-order valence-corrected chi connectivity index (χ1v) is 7.80. The van der Waals surface area contributed by atoms with E-state index in [2.05, 4.69) is 22.5 Å². The molecule has 2 rings (SSSR count). The average molecular weight is 316 g/mol. The second-order valence-electron chi connectivity index (χ2n) is 5.49. The first kappa shape index (κ1) is 17.0. The predicted molar refractivity (Wildman–Crippen MR) is 92.7 cm³/mol. The van der Waals surface area contributed by atoms with E-state index in [4.69, 9.17) is 10.5 Å². The smallest absolute Gasteiger partial charge is 0.233 e. The Kier molecular flexibility index (Phi) is 6.17. The third-order valence-electron chi connectivity index (χ3n) is 3.64. The Balaban J connectivity index is 1.98. The van der Waals surface area contributed by atoms with Crippen LogP contribution < -0.4 is 21.1 Å². The van der Waals surface area contributed by atoms with Crippen molar-refractivity contribution in [2.45, 2.75) is 25.8 Å². The molecule has 23 heavy (non-hydrogen) atoms. The molecule has 1 heterocycles. The minimum Gasteiger partial charge on any atom is -0.497 e. The van der Waals surface area contributed by atoms with E-state index in [0.29, 0.717) is 6.54 Å². The van der Waals surface area contributed by atoms with E-state index in [0.717, 1.165) is 35.2 Å². The zero-order valence-corrected chi connectivity index (χ0v) is 13.6. The number of pyridine rings is 1. The molecule has 0 spiro atoms. The van der Waals surface area contributed by atoms with Gasteiger partial charge in [-0.25, -0.2) is 0 Å². The predicted octanol–water partition coefficient (Wildman–Crippen LogP) is 1.90. The fourth-order valence-electron chi connectivity index (χ4n) is 2.44. The Morgan fingerprint density at radius 1 is 1.43 bits per heavy atom. The van der Waals surface area contributed by atoms with Crippen LogP contribution in [0.5, 0.6) is 5.75 Å². The monoisotopic (exact) mass is 316 g/mol. The first-order valence-electron chi connectivity index (χ1n) is 7.80. The Morgan fingerprint density at radius 2 is 2.26 bits per heavy atom. The summed E-state index contributed by atoms with van der Waals surface area (Å²) in [5, 5.41) is 7.30. The number of anilines is 1. The minimum atomic E-state index is -0.117. The Hall–Kier alpha value is -2.34. The fourth-order valence-corrected chi connectivity index (χ4v) is 2.44. The maximum Gasteiger partial charge on any atom is 0.233 e. The average Bonchev–Trinajstić information content (AvgIpc) is 2.58. The first-order chi connectivity index (χ1) is 11.1. The van der Waals surface area contributed by atoms with Crippen LogP contribution in [0.25, 0.3) is 10.9 Å². The van der Waals surface area contributed by atoms with E-state index >= 15 is 0 Å². The summed E-state index contributed by atoms with van der Waals surface area (Å²) >= 11 is 0.